The number of thioether (sulfide) groups is 2. The normalized spacial score (nSPS) is 17.9. The summed E-state index contributed by atoms with van der Waals surface area (Å²) in [7, 11) is 1.69. The fraction of sp³-hybridized carbons (Fsp3) is 0.750. The molecule has 0 amide bonds. The van der Waals surface area contributed by atoms with Crippen LogP contribution in [0, 0.1) is 11.5 Å². The summed E-state index contributed by atoms with van der Waals surface area (Å²) in [6.45, 7) is 3.81. The van der Waals surface area contributed by atoms with Crippen molar-refractivity contribution in [3.05, 3.63) is 0 Å². The molecular formula is C12H18N2O4S2. The molecule has 1 aliphatic heterocycles. The minimum absolute atomic E-state index is 0.00743. The average molecular weight is 318 g/mol. The van der Waals surface area contributed by atoms with Crippen molar-refractivity contribution in [1.82, 2.24) is 4.90 Å². The second-order valence-electron chi connectivity index (χ2n) is 4.04. The largest absolute Gasteiger partial charge is 0.464 e. The van der Waals surface area contributed by atoms with Crippen molar-refractivity contribution in [2.45, 2.75) is 24.0 Å². The molecular weight excluding hydrogens is 300 g/mol. The Balaban J connectivity index is 2.86. The van der Waals surface area contributed by atoms with E-state index in [0.717, 1.165) is 0 Å². The summed E-state index contributed by atoms with van der Waals surface area (Å²) in [4.78, 5) is 25.8. The van der Waals surface area contributed by atoms with Gasteiger partial charge in [0.2, 0.25) is 0 Å². The topological polar surface area (TPSA) is 79.6 Å². The third kappa shape index (κ3) is 3.52. The van der Waals surface area contributed by atoms with Crippen LogP contribution >= 0.6 is 23.5 Å². The molecule has 0 saturated carbocycles. The van der Waals surface area contributed by atoms with Gasteiger partial charge in [0.15, 0.2) is 6.19 Å². The smallest absolute Gasteiger partial charge is 0.344 e. The van der Waals surface area contributed by atoms with E-state index in [1.54, 1.807) is 20.9 Å². The lowest BCUT2D eigenvalue weighted by atomic mass is 10.3. The zero-order chi connectivity index (χ0) is 15.2. The van der Waals surface area contributed by atoms with Crippen molar-refractivity contribution in [1.29, 1.82) is 5.26 Å². The SMILES string of the molecule is CCOC(=O)C1(C(=O)OCC)SCC(N(C)C#N)CS1. The van der Waals surface area contributed by atoms with Crippen molar-refractivity contribution < 1.29 is 19.1 Å². The Labute approximate surface area is 127 Å². The summed E-state index contributed by atoms with van der Waals surface area (Å²) in [5.41, 5.74) is 0. The maximum Gasteiger partial charge on any atom is 0.344 e. The Morgan fingerprint density at radius 2 is 1.70 bits per heavy atom. The first-order valence-corrected chi connectivity index (χ1v) is 8.23. The first kappa shape index (κ1) is 17.0. The van der Waals surface area contributed by atoms with E-state index < -0.39 is 16.0 Å². The van der Waals surface area contributed by atoms with E-state index in [1.807, 2.05) is 6.19 Å². The van der Waals surface area contributed by atoms with Gasteiger partial charge >= 0.3 is 11.9 Å². The van der Waals surface area contributed by atoms with Crippen molar-refractivity contribution in [3.63, 3.8) is 0 Å². The van der Waals surface area contributed by atoms with E-state index in [0.29, 0.717) is 11.5 Å². The van der Waals surface area contributed by atoms with Gasteiger partial charge in [-0.15, -0.1) is 23.5 Å². The second-order valence-corrected chi connectivity index (χ2v) is 6.77. The average Bonchev–Trinajstić information content (AvgIpc) is 2.47. The lowest BCUT2D eigenvalue weighted by Crippen LogP contribution is -2.49. The van der Waals surface area contributed by atoms with E-state index in [9.17, 15) is 9.59 Å². The molecule has 1 rings (SSSR count). The Morgan fingerprint density at radius 3 is 2.05 bits per heavy atom. The molecule has 0 radical (unpaired) electrons. The van der Waals surface area contributed by atoms with Crippen LogP contribution in [-0.4, -0.2) is 58.7 Å². The fourth-order valence-electron chi connectivity index (χ4n) is 1.59. The molecule has 1 aliphatic rings. The van der Waals surface area contributed by atoms with Crippen LogP contribution in [0.15, 0.2) is 0 Å². The molecule has 0 atom stereocenters. The molecule has 1 heterocycles. The van der Waals surface area contributed by atoms with E-state index in [4.69, 9.17) is 14.7 Å². The summed E-state index contributed by atoms with van der Waals surface area (Å²) in [5.74, 6) is -0.165. The van der Waals surface area contributed by atoms with Gasteiger partial charge in [0.05, 0.1) is 19.3 Å². The molecule has 0 aromatic carbocycles. The molecule has 0 bridgehead atoms. The highest BCUT2D eigenvalue weighted by molar-refractivity contribution is 8.21. The van der Waals surface area contributed by atoms with Crippen LogP contribution < -0.4 is 0 Å². The highest BCUT2D eigenvalue weighted by Gasteiger charge is 2.53. The predicted molar refractivity (Wildman–Crippen MR) is 78.1 cm³/mol. The highest BCUT2D eigenvalue weighted by atomic mass is 32.2. The fourth-order valence-corrected chi connectivity index (χ4v) is 4.73. The lowest BCUT2D eigenvalue weighted by Gasteiger charge is -2.36. The Bertz CT molecular complexity index is 383. The maximum absolute atomic E-state index is 12.1. The van der Waals surface area contributed by atoms with Gasteiger partial charge in [0, 0.05) is 18.6 Å². The third-order valence-corrected chi connectivity index (χ3v) is 6.04. The van der Waals surface area contributed by atoms with E-state index in [1.165, 1.54) is 28.4 Å². The summed E-state index contributed by atoms with van der Waals surface area (Å²) < 4.78 is 8.67. The van der Waals surface area contributed by atoms with Gasteiger partial charge in [-0.2, -0.15) is 5.26 Å². The second kappa shape index (κ2) is 7.64. The number of ether oxygens (including phenoxy) is 2. The number of carbonyl (C=O) groups is 2. The Kier molecular flexibility index (Phi) is 6.49. The van der Waals surface area contributed by atoms with Gasteiger partial charge in [0.25, 0.3) is 4.08 Å². The maximum atomic E-state index is 12.1. The molecule has 20 heavy (non-hydrogen) atoms. The molecule has 1 saturated heterocycles. The molecule has 0 aromatic rings. The molecule has 0 aliphatic carbocycles. The molecule has 0 N–H and O–H groups in total. The first-order valence-electron chi connectivity index (χ1n) is 6.26. The van der Waals surface area contributed by atoms with Gasteiger partial charge in [0.1, 0.15) is 0 Å². The summed E-state index contributed by atoms with van der Waals surface area (Å²) >= 11 is 2.36. The highest BCUT2D eigenvalue weighted by Crippen LogP contribution is 2.45. The number of hydrogen-bond acceptors (Lipinski definition) is 8. The summed E-state index contributed by atoms with van der Waals surface area (Å²) in [6, 6.07) is -0.00743. The molecule has 112 valence electrons. The van der Waals surface area contributed by atoms with Crippen LogP contribution in [0.3, 0.4) is 0 Å². The van der Waals surface area contributed by atoms with Gasteiger partial charge in [-0.3, -0.25) is 0 Å². The molecule has 0 spiro atoms. The first-order chi connectivity index (χ1) is 9.51. The zero-order valence-corrected chi connectivity index (χ0v) is 13.4. The molecule has 1 fully saturated rings. The molecule has 6 nitrogen and oxygen atoms in total. The van der Waals surface area contributed by atoms with Crippen molar-refractivity contribution in [3.8, 4) is 6.19 Å². The van der Waals surface area contributed by atoms with Crippen molar-refractivity contribution in [2.24, 2.45) is 0 Å². The monoisotopic (exact) mass is 318 g/mol. The van der Waals surface area contributed by atoms with Gasteiger partial charge in [-0.25, -0.2) is 9.59 Å². The van der Waals surface area contributed by atoms with Gasteiger partial charge < -0.3 is 14.4 Å². The number of nitriles is 1. The quantitative estimate of drug-likeness (QED) is 0.322. The van der Waals surface area contributed by atoms with Crippen molar-refractivity contribution in [2.75, 3.05) is 31.8 Å². The van der Waals surface area contributed by atoms with Crippen LogP contribution in [0.5, 0.6) is 0 Å². The number of hydrogen-bond donors (Lipinski definition) is 0. The summed E-state index contributed by atoms with van der Waals surface area (Å²) in [6.07, 6.45) is 2.05. The van der Waals surface area contributed by atoms with Crippen LogP contribution in [0.4, 0.5) is 0 Å². The predicted octanol–water partition coefficient (Wildman–Crippen LogP) is 1.07. The zero-order valence-electron chi connectivity index (χ0n) is 11.7. The van der Waals surface area contributed by atoms with Crippen molar-refractivity contribution >= 4 is 35.5 Å². The van der Waals surface area contributed by atoms with Gasteiger partial charge in [-0.05, 0) is 13.8 Å². The Hall–Kier alpha value is -1.07. The minimum Gasteiger partial charge on any atom is -0.464 e. The molecule has 8 heteroatoms. The number of esters is 2. The third-order valence-electron chi connectivity index (χ3n) is 2.75. The standard InChI is InChI=1S/C12H18N2O4S2/c1-4-17-10(15)12(11(16)18-5-2)19-6-9(7-20-12)14(3)8-13/h9H,4-7H2,1-3H3. The van der Waals surface area contributed by atoms with Crippen LogP contribution in [0.2, 0.25) is 0 Å². The minimum atomic E-state index is -1.36. The number of rotatable bonds is 5. The Morgan fingerprint density at radius 1 is 1.25 bits per heavy atom. The lowest BCUT2D eigenvalue weighted by molar-refractivity contribution is -0.154. The van der Waals surface area contributed by atoms with Crippen LogP contribution in [0.25, 0.3) is 0 Å². The van der Waals surface area contributed by atoms with E-state index in [2.05, 4.69) is 0 Å². The van der Waals surface area contributed by atoms with E-state index in [-0.39, 0.29) is 19.3 Å². The van der Waals surface area contributed by atoms with Crippen LogP contribution in [-0.2, 0) is 19.1 Å². The van der Waals surface area contributed by atoms with Crippen LogP contribution in [0.1, 0.15) is 13.8 Å². The molecule has 0 unspecified atom stereocenters. The summed E-state index contributed by atoms with van der Waals surface area (Å²) in [5, 5.41) is 8.88. The molecule has 0 aromatic heterocycles. The van der Waals surface area contributed by atoms with E-state index >= 15 is 0 Å². The van der Waals surface area contributed by atoms with Gasteiger partial charge in [-0.1, -0.05) is 0 Å². The number of carbonyl (C=O) groups excluding carboxylic acids is 2. The number of nitrogens with zero attached hydrogens (tertiary/aromatic N) is 2.